The van der Waals surface area contributed by atoms with Crippen LogP contribution in [0, 0.1) is 6.92 Å². The van der Waals surface area contributed by atoms with Crippen molar-refractivity contribution in [3.8, 4) is 0 Å². The van der Waals surface area contributed by atoms with Crippen LogP contribution in [0.25, 0.3) is 0 Å². The molecule has 3 nitrogen and oxygen atoms in total. The molecule has 5 heteroatoms. The van der Waals surface area contributed by atoms with Gasteiger partial charge in [0.15, 0.2) is 0 Å². The molecular weight excluding hydrogens is 457 g/mol. The van der Waals surface area contributed by atoms with Crippen LogP contribution in [0.1, 0.15) is 23.5 Å². The van der Waals surface area contributed by atoms with Crippen LogP contribution in [0.4, 0.5) is 0 Å². The van der Waals surface area contributed by atoms with E-state index in [9.17, 15) is 8.42 Å². The number of rotatable bonds is 5. The molecule has 1 aliphatic rings. The number of hydrogen-bond acceptors (Lipinski definition) is 2. The molecule has 1 heterocycles. The maximum atomic E-state index is 13.3. The van der Waals surface area contributed by atoms with E-state index in [-0.39, 0.29) is 20.9 Å². The molecule has 1 aliphatic heterocycles. The molecule has 0 amide bonds. The summed E-state index contributed by atoms with van der Waals surface area (Å²) in [5, 5.41) is 0. The van der Waals surface area contributed by atoms with Gasteiger partial charge in [0, 0.05) is 0 Å². The SMILES string of the molecule is Cc1ccc(S(=O)(=O)N2CCC(c3ccccc3)/C(=C/[Se]c3ccccc3)C2)cc1. The van der Waals surface area contributed by atoms with Crippen molar-refractivity contribution < 1.29 is 8.42 Å². The van der Waals surface area contributed by atoms with E-state index in [4.69, 9.17) is 0 Å². The second-order valence-electron chi connectivity index (χ2n) is 7.53. The minimum atomic E-state index is -3.50. The molecular formula is C25H25NO2SSe. The van der Waals surface area contributed by atoms with Crippen LogP contribution in [0.15, 0.2) is 100 Å². The summed E-state index contributed by atoms with van der Waals surface area (Å²) in [5.41, 5.74) is 3.52. The quantitative estimate of drug-likeness (QED) is 0.514. The zero-order valence-electron chi connectivity index (χ0n) is 16.9. The number of piperidine rings is 1. The van der Waals surface area contributed by atoms with E-state index in [2.05, 4.69) is 53.5 Å². The first kappa shape index (κ1) is 21.1. The predicted octanol–water partition coefficient (Wildman–Crippen LogP) is 4.09. The molecule has 0 radical (unpaired) electrons. The van der Waals surface area contributed by atoms with Crippen LogP contribution < -0.4 is 4.46 Å². The zero-order valence-corrected chi connectivity index (χ0v) is 19.5. The van der Waals surface area contributed by atoms with Gasteiger partial charge in [0.2, 0.25) is 0 Å². The molecule has 1 atom stereocenters. The van der Waals surface area contributed by atoms with Crippen molar-refractivity contribution in [3.63, 3.8) is 0 Å². The van der Waals surface area contributed by atoms with Gasteiger partial charge in [-0.05, 0) is 0 Å². The Morgan fingerprint density at radius 1 is 0.900 bits per heavy atom. The fourth-order valence-electron chi connectivity index (χ4n) is 3.74. The van der Waals surface area contributed by atoms with E-state index < -0.39 is 10.0 Å². The summed E-state index contributed by atoms with van der Waals surface area (Å²) in [7, 11) is -3.50. The van der Waals surface area contributed by atoms with E-state index in [0.717, 1.165) is 12.0 Å². The number of aryl methyl sites for hydroxylation is 1. The Bertz CT molecular complexity index is 1110. The summed E-state index contributed by atoms with van der Waals surface area (Å²) in [6, 6.07) is 28.0. The molecule has 0 aromatic heterocycles. The van der Waals surface area contributed by atoms with E-state index in [1.807, 2.05) is 31.2 Å². The third-order valence-corrected chi connectivity index (χ3v) is 9.31. The van der Waals surface area contributed by atoms with Gasteiger partial charge in [-0.15, -0.1) is 0 Å². The summed E-state index contributed by atoms with van der Waals surface area (Å²) in [5.74, 6) is 0.265. The van der Waals surface area contributed by atoms with Crippen molar-refractivity contribution in [2.24, 2.45) is 0 Å². The third-order valence-electron chi connectivity index (χ3n) is 5.42. The second kappa shape index (κ2) is 9.32. The molecule has 1 saturated heterocycles. The minimum absolute atomic E-state index is 0.167. The van der Waals surface area contributed by atoms with Crippen LogP contribution in [0.3, 0.4) is 0 Å². The standard InChI is InChI=1S/C25H25NO2SSe/c1-20-12-14-23(15-13-20)29(27,28)26-17-16-25(21-8-4-2-5-9-21)22(18-26)19-30-24-10-6-3-7-11-24/h2-15,19,25H,16-18H2,1H3/b22-19+. The van der Waals surface area contributed by atoms with Gasteiger partial charge < -0.3 is 0 Å². The molecule has 3 aromatic rings. The third kappa shape index (κ3) is 4.76. The molecule has 0 N–H and O–H groups in total. The van der Waals surface area contributed by atoms with E-state index >= 15 is 0 Å². The van der Waals surface area contributed by atoms with Gasteiger partial charge >= 0.3 is 186 Å². The number of hydrogen-bond donors (Lipinski definition) is 0. The van der Waals surface area contributed by atoms with Crippen molar-refractivity contribution in [3.05, 3.63) is 107 Å². The fourth-order valence-corrected chi connectivity index (χ4v) is 6.95. The van der Waals surface area contributed by atoms with Crippen molar-refractivity contribution in [2.45, 2.75) is 24.2 Å². The topological polar surface area (TPSA) is 37.4 Å². The van der Waals surface area contributed by atoms with Gasteiger partial charge in [0.25, 0.3) is 0 Å². The molecule has 0 bridgehead atoms. The maximum absolute atomic E-state index is 13.3. The van der Waals surface area contributed by atoms with Crippen LogP contribution in [-0.4, -0.2) is 40.8 Å². The van der Waals surface area contributed by atoms with Crippen molar-refractivity contribution in [1.29, 1.82) is 0 Å². The Morgan fingerprint density at radius 3 is 2.20 bits per heavy atom. The Morgan fingerprint density at radius 2 is 1.53 bits per heavy atom. The Kier molecular flexibility index (Phi) is 6.55. The molecule has 3 aromatic carbocycles. The average molecular weight is 483 g/mol. The number of nitrogens with zero attached hydrogens (tertiary/aromatic N) is 1. The predicted molar refractivity (Wildman–Crippen MR) is 124 cm³/mol. The molecule has 4 rings (SSSR count). The first-order chi connectivity index (χ1) is 14.5. The van der Waals surface area contributed by atoms with Crippen LogP contribution in [0.2, 0.25) is 0 Å². The molecule has 0 aliphatic carbocycles. The van der Waals surface area contributed by atoms with Crippen LogP contribution in [-0.2, 0) is 10.0 Å². The van der Waals surface area contributed by atoms with Crippen molar-refractivity contribution in [1.82, 2.24) is 4.31 Å². The molecule has 30 heavy (non-hydrogen) atoms. The van der Waals surface area contributed by atoms with Crippen LogP contribution in [0.5, 0.6) is 0 Å². The van der Waals surface area contributed by atoms with Gasteiger partial charge in [-0.1, -0.05) is 0 Å². The van der Waals surface area contributed by atoms with Gasteiger partial charge in [-0.3, -0.25) is 0 Å². The molecule has 154 valence electrons. The zero-order chi connectivity index (χ0) is 21.0. The van der Waals surface area contributed by atoms with Crippen LogP contribution >= 0.6 is 0 Å². The van der Waals surface area contributed by atoms with Gasteiger partial charge in [0.1, 0.15) is 0 Å². The normalized spacial score (nSPS) is 19.1. The number of benzene rings is 3. The Labute approximate surface area is 185 Å². The number of sulfonamides is 1. The van der Waals surface area contributed by atoms with Crippen molar-refractivity contribution in [2.75, 3.05) is 13.1 Å². The van der Waals surface area contributed by atoms with E-state index in [1.54, 1.807) is 16.4 Å². The van der Waals surface area contributed by atoms with E-state index in [0.29, 0.717) is 18.0 Å². The summed E-state index contributed by atoms with van der Waals surface area (Å²) >= 11 is 0.167. The average Bonchev–Trinajstić information content (AvgIpc) is 2.79. The molecule has 0 saturated carbocycles. The summed E-state index contributed by atoms with van der Waals surface area (Å²) in [6.45, 7) is 2.95. The summed E-state index contributed by atoms with van der Waals surface area (Å²) in [4.78, 5) is 2.66. The summed E-state index contributed by atoms with van der Waals surface area (Å²) in [6.07, 6.45) is 0.797. The van der Waals surface area contributed by atoms with Gasteiger partial charge in [0.05, 0.1) is 0 Å². The summed E-state index contributed by atoms with van der Waals surface area (Å²) < 4.78 is 29.5. The first-order valence-corrected chi connectivity index (χ1v) is 13.3. The van der Waals surface area contributed by atoms with Gasteiger partial charge in [-0.2, -0.15) is 0 Å². The first-order valence-electron chi connectivity index (χ1n) is 10.1. The molecule has 1 unspecified atom stereocenters. The van der Waals surface area contributed by atoms with E-state index in [1.165, 1.54) is 15.6 Å². The second-order valence-corrected chi connectivity index (χ2v) is 11.4. The fraction of sp³-hybridized carbons (Fsp3) is 0.200. The Hall–Kier alpha value is -2.17. The molecule has 0 spiro atoms. The van der Waals surface area contributed by atoms with Gasteiger partial charge in [-0.25, -0.2) is 0 Å². The molecule has 1 fully saturated rings. The van der Waals surface area contributed by atoms with Crippen molar-refractivity contribution >= 4 is 29.4 Å². The Balaban J connectivity index is 1.63. The monoisotopic (exact) mass is 483 g/mol.